The quantitative estimate of drug-likeness (QED) is 0.524. The van der Waals surface area contributed by atoms with Gasteiger partial charge in [-0.05, 0) is 55.6 Å². The molecule has 1 saturated carbocycles. The van der Waals surface area contributed by atoms with Crippen molar-refractivity contribution in [3.8, 4) is 0 Å². The number of rotatable bonds is 4. The second-order valence-electron chi connectivity index (χ2n) is 8.70. The standard InChI is InChI=1S/C21H28BClO3/c1-13(2)17-9-14(3)10-19-21(17,4)26-22(25-19)20(23)11-15-12-24-18-8-6-5-7-16(15)18/h5-8,12-14,17,19-20H,9-11H2,1-4H3/t14?,17-,19+,20?,21-/m0/s1. The van der Waals surface area contributed by atoms with Gasteiger partial charge in [-0.1, -0.05) is 39.0 Å². The van der Waals surface area contributed by atoms with Crippen LogP contribution < -0.4 is 0 Å². The smallest absolute Gasteiger partial charge is 0.464 e. The number of hydrogen-bond acceptors (Lipinski definition) is 3. The van der Waals surface area contributed by atoms with E-state index in [9.17, 15) is 0 Å². The molecule has 1 saturated heterocycles. The molecule has 1 aliphatic carbocycles. The first-order valence-corrected chi connectivity index (χ1v) is 10.2. The zero-order chi connectivity index (χ0) is 18.5. The van der Waals surface area contributed by atoms with Crippen LogP contribution in [0.4, 0.5) is 0 Å². The summed E-state index contributed by atoms with van der Waals surface area (Å²) in [6, 6.07) is 8.06. The number of alkyl halides is 1. The Balaban J connectivity index is 1.52. The Morgan fingerprint density at radius 3 is 2.81 bits per heavy atom. The first kappa shape index (κ1) is 18.4. The van der Waals surface area contributed by atoms with Gasteiger partial charge in [0.05, 0.1) is 23.2 Å². The van der Waals surface area contributed by atoms with Crippen LogP contribution in [0.25, 0.3) is 11.0 Å². The summed E-state index contributed by atoms with van der Waals surface area (Å²) >= 11 is 6.78. The fraction of sp³-hybridized carbons (Fsp3) is 0.619. The normalized spacial score (nSPS) is 33.0. The summed E-state index contributed by atoms with van der Waals surface area (Å²) in [5.74, 6) is 1.73. The zero-order valence-electron chi connectivity index (χ0n) is 16.1. The minimum Gasteiger partial charge on any atom is -0.464 e. The third-order valence-electron chi connectivity index (χ3n) is 6.39. The highest BCUT2D eigenvalue weighted by molar-refractivity contribution is 6.60. The molecular weight excluding hydrogens is 346 g/mol. The SMILES string of the molecule is CC1C[C@H]2OB(C(Cl)Cc3coc4ccccc34)O[C@@]2(C)[C@H](C(C)C)C1. The number of fused-ring (bicyclic) bond motifs is 2. The second kappa shape index (κ2) is 6.89. The largest absolute Gasteiger partial charge is 0.477 e. The highest BCUT2D eigenvalue weighted by Crippen LogP contribution is 2.49. The molecule has 4 rings (SSSR count). The van der Waals surface area contributed by atoms with Crippen LogP contribution in [0.3, 0.4) is 0 Å². The fourth-order valence-electron chi connectivity index (χ4n) is 4.99. The van der Waals surface area contributed by atoms with Crippen LogP contribution in [-0.4, -0.2) is 24.1 Å². The summed E-state index contributed by atoms with van der Waals surface area (Å²) in [6.07, 6.45) is 4.86. The highest BCUT2D eigenvalue weighted by Gasteiger charge is 2.57. The Hall–Kier alpha value is -0.965. The van der Waals surface area contributed by atoms with E-state index in [0.717, 1.165) is 23.0 Å². The molecule has 140 valence electrons. The monoisotopic (exact) mass is 374 g/mol. The Bertz CT molecular complexity index is 775. The highest BCUT2D eigenvalue weighted by atomic mass is 35.5. The van der Waals surface area contributed by atoms with Gasteiger partial charge in [-0.2, -0.15) is 0 Å². The van der Waals surface area contributed by atoms with Gasteiger partial charge >= 0.3 is 7.12 Å². The Morgan fingerprint density at radius 1 is 1.27 bits per heavy atom. The molecule has 0 bridgehead atoms. The van der Waals surface area contributed by atoms with E-state index in [1.807, 2.05) is 24.5 Å². The van der Waals surface area contributed by atoms with E-state index < -0.39 is 0 Å². The number of hydrogen-bond donors (Lipinski definition) is 0. The van der Waals surface area contributed by atoms with Crippen molar-refractivity contribution in [1.29, 1.82) is 0 Å². The van der Waals surface area contributed by atoms with Crippen molar-refractivity contribution in [2.24, 2.45) is 17.8 Å². The molecule has 2 aromatic rings. The average molecular weight is 375 g/mol. The summed E-state index contributed by atoms with van der Waals surface area (Å²) in [5.41, 5.74) is 1.77. The Labute approximate surface area is 161 Å². The summed E-state index contributed by atoms with van der Waals surface area (Å²) in [5, 5.41) is 0.884. The van der Waals surface area contributed by atoms with Gasteiger partial charge in [0.1, 0.15) is 5.58 Å². The van der Waals surface area contributed by atoms with Crippen LogP contribution in [-0.2, 0) is 15.7 Å². The molecule has 1 aromatic carbocycles. The molecule has 1 aromatic heterocycles. The summed E-state index contributed by atoms with van der Waals surface area (Å²) in [4.78, 5) is 0. The van der Waals surface area contributed by atoms with Crippen molar-refractivity contribution in [3.05, 3.63) is 36.1 Å². The van der Waals surface area contributed by atoms with E-state index in [-0.39, 0.29) is 24.1 Å². The summed E-state index contributed by atoms with van der Waals surface area (Å²) in [6.45, 7) is 9.13. The maximum Gasteiger partial charge on any atom is 0.477 e. The van der Waals surface area contributed by atoms with Crippen LogP contribution in [0.5, 0.6) is 0 Å². The Kier molecular flexibility index (Phi) is 4.87. The molecule has 0 N–H and O–H groups in total. The van der Waals surface area contributed by atoms with Crippen molar-refractivity contribution in [1.82, 2.24) is 0 Å². The molecular formula is C21H28BClO3. The minimum absolute atomic E-state index is 0.131. The summed E-state index contributed by atoms with van der Waals surface area (Å²) < 4.78 is 18.5. The van der Waals surface area contributed by atoms with Crippen LogP contribution in [0.2, 0.25) is 0 Å². The molecule has 2 fully saturated rings. The third kappa shape index (κ3) is 3.10. The molecule has 1 aliphatic heterocycles. The van der Waals surface area contributed by atoms with E-state index in [2.05, 4.69) is 33.8 Å². The van der Waals surface area contributed by atoms with Crippen molar-refractivity contribution in [3.63, 3.8) is 0 Å². The molecule has 26 heavy (non-hydrogen) atoms. The lowest BCUT2D eigenvalue weighted by Gasteiger charge is -2.46. The van der Waals surface area contributed by atoms with Crippen molar-refractivity contribution in [2.75, 3.05) is 0 Å². The maximum atomic E-state index is 6.78. The van der Waals surface area contributed by atoms with Gasteiger partial charge in [-0.15, -0.1) is 11.6 Å². The Morgan fingerprint density at radius 2 is 2.04 bits per heavy atom. The van der Waals surface area contributed by atoms with E-state index >= 15 is 0 Å². The van der Waals surface area contributed by atoms with E-state index in [4.69, 9.17) is 25.3 Å². The molecule has 5 heteroatoms. The predicted molar refractivity (Wildman–Crippen MR) is 106 cm³/mol. The number of halogens is 1. The number of benzene rings is 1. The molecule has 3 nitrogen and oxygen atoms in total. The molecule has 2 heterocycles. The van der Waals surface area contributed by atoms with E-state index in [1.165, 1.54) is 6.42 Å². The molecule has 5 atom stereocenters. The van der Waals surface area contributed by atoms with Crippen molar-refractivity contribution < 1.29 is 13.7 Å². The molecule has 0 amide bonds. The van der Waals surface area contributed by atoms with Crippen LogP contribution in [0.15, 0.2) is 34.9 Å². The lowest BCUT2D eigenvalue weighted by molar-refractivity contribution is -0.0661. The third-order valence-corrected chi connectivity index (χ3v) is 6.75. The second-order valence-corrected chi connectivity index (χ2v) is 9.26. The summed E-state index contributed by atoms with van der Waals surface area (Å²) in [7, 11) is -0.369. The minimum atomic E-state index is -0.369. The van der Waals surface area contributed by atoms with Gasteiger partial charge in [0, 0.05) is 5.39 Å². The van der Waals surface area contributed by atoms with Gasteiger partial charge in [0.15, 0.2) is 0 Å². The average Bonchev–Trinajstić information content (AvgIpc) is 3.15. The lowest BCUT2D eigenvalue weighted by Crippen LogP contribution is -2.51. The van der Waals surface area contributed by atoms with Crippen LogP contribution in [0, 0.1) is 17.8 Å². The van der Waals surface area contributed by atoms with Gasteiger partial charge in [-0.3, -0.25) is 0 Å². The van der Waals surface area contributed by atoms with Crippen LogP contribution >= 0.6 is 11.6 Å². The van der Waals surface area contributed by atoms with E-state index in [1.54, 1.807) is 0 Å². The van der Waals surface area contributed by atoms with Gasteiger partial charge < -0.3 is 13.7 Å². The molecule has 2 unspecified atom stereocenters. The van der Waals surface area contributed by atoms with Gasteiger partial charge in [0.2, 0.25) is 0 Å². The predicted octanol–water partition coefficient (Wildman–Crippen LogP) is 5.49. The molecule has 0 radical (unpaired) electrons. The maximum absolute atomic E-state index is 6.78. The first-order valence-electron chi connectivity index (χ1n) is 9.81. The fourth-order valence-corrected chi connectivity index (χ4v) is 5.26. The number of furan rings is 1. The van der Waals surface area contributed by atoms with Crippen molar-refractivity contribution >= 4 is 29.7 Å². The van der Waals surface area contributed by atoms with E-state index in [0.29, 0.717) is 24.2 Å². The van der Waals surface area contributed by atoms with Gasteiger partial charge in [-0.25, -0.2) is 0 Å². The van der Waals surface area contributed by atoms with Gasteiger partial charge in [0.25, 0.3) is 0 Å². The van der Waals surface area contributed by atoms with Crippen molar-refractivity contribution in [2.45, 2.75) is 63.9 Å². The van der Waals surface area contributed by atoms with Crippen LogP contribution in [0.1, 0.15) is 46.1 Å². The molecule has 2 aliphatic rings. The topological polar surface area (TPSA) is 31.6 Å². The zero-order valence-corrected chi connectivity index (χ0v) is 16.8. The molecule has 0 spiro atoms. The first-order chi connectivity index (χ1) is 12.4. The lowest BCUT2D eigenvalue weighted by atomic mass is 9.66. The number of para-hydroxylation sites is 1.